The van der Waals surface area contributed by atoms with E-state index in [1.54, 1.807) is 0 Å². The van der Waals surface area contributed by atoms with E-state index in [0.29, 0.717) is 0 Å². The molecule has 0 saturated carbocycles. The molecular weight excluding hydrogens is 899 g/mol. The van der Waals surface area contributed by atoms with Gasteiger partial charge in [0.1, 0.15) is 22.3 Å². The summed E-state index contributed by atoms with van der Waals surface area (Å²) < 4.78 is 13.4. The van der Waals surface area contributed by atoms with Gasteiger partial charge in [0.2, 0.25) is 0 Å². The first-order valence-corrected chi connectivity index (χ1v) is 25.4. The second-order valence-corrected chi connectivity index (χ2v) is 19.5. The molecule has 0 unspecified atom stereocenters. The van der Waals surface area contributed by atoms with Crippen LogP contribution in [0.1, 0.15) is 22.3 Å². The van der Waals surface area contributed by atoms with Crippen molar-refractivity contribution in [2.75, 3.05) is 4.90 Å². The van der Waals surface area contributed by atoms with Crippen LogP contribution < -0.4 is 4.90 Å². The van der Waals surface area contributed by atoms with Crippen LogP contribution >= 0.6 is 0 Å². The maximum Gasteiger partial charge on any atom is 0.143 e. The summed E-state index contributed by atoms with van der Waals surface area (Å²) in [6.45, 7) is 0. The molecule has 0 amide bonds. The molecular formula is C71H45NO2. The van der Waals surface area contributed by atoms with Crippen molar-refractivity contribution in [3.63, 3.8) is 0 Å². The highest BCUT2D eigenvalue weighted by molar-refractivity contribution is 6.12. The van der Waals surface area contributed by atoms with Crippen molar-refractivity contribution in [3.05, 3.63) is 295 Å². The SMILES string of the molecule is c1ccc(C2(c3ccccc3)c3ccccc3-c3ccc(N(c4ccc(-c5cc(-c6cccc7c6oc6ccccc67)cc(-c6cccc7c6oc6ccccc67)c5)cc4)c4cccc5ccccc45)cc32)cc1. The largest absolute Gasteiger partial charge is 0.455 e. The lowest BCUT2D eigenvalue weighted by Crippen LogP contribution is -2.28. The Morgan fingerprint density at radius 3 is 1.41 bits per heavy atom. The molecule has 15 rings (SSSR count). The lowest BCUT2D eigenvalue weighted by molar-refractivity contribution is 0.670. The van der Waals surface area contributed by atoms with Gasteiger partial charge in [0.05, 0.1) is 11.1 Å². The fourth-order valence-electron chi connectivity index (χ4n) is 12.3. The van der Waals surface area contributed by atoms with E-state index in [1.807, 2.05) is 12.1 Å². The molecule has 0 radical (unpaired) electrons. The minimum atomic E-state index is -0.541. The summed E-state index contributed by atoms with van der Waals surface area (Å²) in [4.78, 5) is 2.45. The Morgan fingerprint density at radius 1 is 0.284 bits per heavy atom. The van der Waals surface area contributed by atoms with Crippen LogP contribution in [0.15, 0.2) is 282 Å². The quantitative estimate of drug-likeness (QED) is 0.152. The molecule has 0 fully saturated rings. The van der Waals surface area contributed by atoms with Crippen LogP contribution in [0.2, 0.25) is 0 Å². The van der Waals surface area contributed by atoms with Gasteiger partial charge in [0.25, 0.3) is 0 Å². The van der Waals surface area contributed by atoms with E-state index in [1.165, 1.54) is 44.2 Å². The third-order valence-electron chi connectivity index (χ3n) is 15.5. The highest BCUT2D eigenvalue weighted by Gasteiger charge is 2.46. The zero-order chi connectivity index (χ0) is 48.7. The summed E-state index contributed by atoms with van der Waals surface area (Å²) in [6, 6.07) is 99.2. The number of hydrogen-bond donors (Lipinski definition) is 0. The summed E-state index contributed by atoms with van der Waals surface area (Å²) >= 11 is 0. The Morgan fingerprint density at radius 2 is 0.757 bits per heavy atom. The summed E-state index contributed by atoms with van der Waals surface area (Å²) in [5.74, 6) is 0. The first-order valence-electron chi connectivity index (χ1n) is 25.4. The van der Waals surface area contributed by atoms with Crippen LogP contribution in [0.25, 0.3) is 99.2 Å². The molecule has 0 spiro atoms. The molecule has 1 aliphatic rings. The van der Waals surface area contributed by atoms with Crippen LogP contribution in [0.5, 0.6) is 0 Å². The van der Waals surface area contributed by atoms with E-state index in [-0.39, 0.29) is 0 Å². The van der Waals surface area contributed by atoms with Crippen LogP contribution in [0, 0.1) is 0 Å². The maximum atomic E-state index is 6.68. The first-order chi connectivity index (χ1) is 36.7. The van der Waals surface area contributed by atoms with E-state index < -0.39 is 5.41 Å². The maximum absolute atomic E-state index is 6.68. The van der Waals surface area contributed by atoms with E-state index in [0.717, 1.165) is 94.3 Å². The number of para-hydroxylation sites is 4. The number of nitrogens with zero attached hydrogens (tertiary/aromatic N) is 1. The van der Waals surface area contributed by atoms with Gasteiger partial charge >= 0.3 is 0 Å². The third-order valence-corrected chi connectivity index (χ3v) is 15.5. The average molecular weight is 944 g/mol. The molecule has 0 aliphatic heterocycles. The molecule has 2 aromatic heterocycles. The Hall–Kier alpha value is -9.70. The zero-order valence-electron chi connectivity index (χ0n) is 40.2. The van der Waals surface area contributed by atoms with Gasteiger partial charge in [-0.3, -0.25) is 0 Å². The molecule has 0 N–H and O–H groups in total. The molecule has 3 nitrogen and oxygen atoms in total. The van der Waals surface area contributed by atoms with Gasteiger partial charge in [-0.2, -0.15) is 0 Å². The summed E-state index contributed by atoms with van der Waals surface area (Å²) in [5, 5.41) is 6.78. The van der Waals surface area contributed by atoms with Crippen LogP contribution in [-0.2, 0) is 5.41 Å². The second kappa shape index (κ2) is 16.7. The van der Waals surface area contributed by atoms with Gasteiger partial charge in [-0.25, -0.2) is 0 Å². The van der Waals surface area contributed by atoms with Gasteiger partial charge in [-0.05, 0) is 122 Å². The molecule has 0 saturated heterocycles. The van der Waals surface area contributed by atoms with Crippen molar-refractivity contribution in [3.8, 4) is 44.5 Å². The normalized spacial score (nSPS) is 12.7. The minimum Gasteiger partial charge on any atom is -0.455 e. The number of hydrogen-bond acceptors (Lipinski definition) is 3. The van der Waals surface area contributed by atoms with E-state index >= 15 is 0 Å². The molecule has 1 aliphatic carbocycles. The molecule has 0 bridgehead atoms. The topological polar surface area (TPSA) is 29.5 Å². The number of benzene rings is 12. The third kappa shape index (κ3) is 6.40. The number of fused-ring (bicyclic) bond motifs is 10. The Balaban J connectivity index is 0.928. The monoisotopic (exact) mass is 943 g/mol. The Bertz CT molecular complexity index is 4310. The van der Waals surface area contributed by atoms with Gasteiger partial charge in [0.15, 0.2) is 0 Å². The van der Waals surface area contributed by atoms with Crippen molar-refractivity contribution in [1.29, 1.82) is 0 Å². The van der Waals surface area contributed by atoms with E-state index in [2.05, 4.69) is 266 Å². The van der Waals surface area contributed by atoms with Gasteiger partial charge in [-0.1, -0.05) is 212 Å². The molecule has 14 aromatic rings. The lowest BCUT2D eigenvalue weighted by atomic mass is 9.67. The molecule has 3 heteroatoms. The minimum absolute atomic E-state index is 0.541. The van der Waals surface area contributed by atoms with Crippen molar-refractivity contribution < 1.29 is 8.83 Å². The Labute approximate surface area is 428 Å². The molecule has 74 heavy (non-hydrogen) atoms. The predicted molar refractivity (Wildman–Crippen MR) is 307 cm³/mol. The first kappa shape index (κ1) is 42.0. The van der Waals surface area contributed by atoms with Crippen molar-refractivity contribution >= 4 is 71.7 Å². The van der Waals surface area contributed by atoms with E-state index in [9.17, 15) is 0 Å². The second-order valence-electron chi connectivity index (χ2n) is 19.5. The zero-order valence-corrected chi connectivity index (χ0v) is 40.2. The highest BCUT2D eigenvalue weighted by atomic mass is 16.3. The van der Waals surface area contributed by atoms with Gasteiger partial charge in [0, 0.05) is 49.4 Å². The van der Waals surface area contributed by atoms with Crippen molar-refractivity contribution in [2.45, 2.75) is 5.41 Å². The highest BCUT2D eigenvalue weighted by Crippen LogP contribution is 2.57. The van der Waals surface area contributed by atoms with Crippen molar-refractivity contribution in [1.82, 2.24) is 0 Å². The lowest BCUT2D eigenvalue weighted by Gasteiger charge is -2.35. The molecule has 2 heterocycles. The smallest absolute Gasteiger partial charge is 0.143 e. The predicted octanol–water partition coefficient (Wildman–Crippen LogP) is 19.5. The van der Waals surface area contributed by atoms with E-state index in [4.69, 9.17) is 8.83 Å². The fourth-order valence-corrected chi connectivity index (χ4v) is 12.3. The van der Waals surface area contributed by atoms with Crippen molar-refractivity contribution in [2.24, 2.45) is 0 Å². The number of anilines is 3. The molecule has 346 valence electrons. The molecule has 0 atom stereocenters. The Kier molecular flexibility index (Phi) is 9.48. The average Bonchev–Trinajstić information content (AvgIpc) is 4.20. The number of rotatable bonds is 8. The fraction of sp³-hybridized carbons (Fsp3) is 0.0141. The standard InChI is InChI=1S/C71H45NO2/c1-3-20-51(21-4-1)71(52-22-5-2-6-23-52)64-32-12-9-25-58(64)59-41-40-54(45-65(59)71)72(66-33-15-19-47-18-7-8-24-55(47)66)53-38-36-46(37-39-53)48-42-49(56-28-16-30-62-60-26-10-13-34-67(60)73-69(56)62)44-50(43-48)57-29-17-31-63-61-27-11-14-35-68(61)74-70(57)63/h1-45H. The summed E-state index contributed by atoms with van der Waals surface area (Å²) in [6.07, 6.45) is 0. The van der Waals surface area contributed by atoms with Crippen LogP contribution in [-0.4, -0.2) is 0 Å². The number of furan rings is 2. The molecule has 12 aromatic carbocycles. The van der Waals surface area contributed by atoms with Crippen LogP contribution in [0.4, 0.5) is 17.1 Å². The van der Waals surface area contributed by atoms with Gasteiger partial charge < -0.3 is 13.7 Å². The van der Waals surface area contributed by atoms with Gasteiger partial charge in [-0.15, -0.1) is 0 Å². The summed E-state index contributed by atoms with van der Waals surface area (Å²) in [7, 11) is 0. The summed E-state index contributed by atoms with van der Waals surface area (Å²) in [5.41, 5.74) is 20.2. The van der Waals surface area contributed by atoms with Crippen LogP contribution in [0.3, 0.4) is 0 Å².